The van der Waals surface area contributed by atoms with Gasteiger partial charge in [0.1, 0.15) is 6.04 Å². The predicted octanol–water partition coefficient (Wildman–Crippen LogP) is 6.28. The highest BCUT2D eigenvalue weighted by Crippen LogP contribution is 2.29. The van der Waals surface area contributed by atoms with E-state index in [2.05, 4.69) is 5.32 Å². The van der Waals surface area contributed by atoms with E-state index >= 15 is 0 Å². The third kappa shape index (κ3) is 9.10. The molecule has 0 aromatic heterocycles. The molecule has 0 fully saturated rings. The Morgan fingerprint density at radius 1 is 0.951 bits per heavy atom. The first-order chi connectivity index (χ1) is 19.4. The summed E-state index contributed by atoms with van der Waals surface area (Å²) < 4.78 is 26.6. The molecule has 41 heavy (non-hydrogen) atoms. The molecular weight excluding hydrogens is 605 g/mol. The molecule has 1 N–H and O–H groups in total. The van der Waals surface area contributed by atoms with Crippen molar-refractivity contribution in [1.82, 2.24) is 10.2 Å². The molecule has 1 unspecified atom stereocenters. The fourth-order valence-electron chi connectivity index (χ4n) is 4.53. The molecule has 220 valence electrons. The number of sulfonamides is 1. The molecule has 7 nitrogen and oxygen atoms in total. The van der Waals surface area contributed by atoms with Crippen LogP contribution in [0, 0.1) is 6.92 Å². The van der Waals surface area contributed by atoms with Crippen molar-refractivity contribution in [2.24, 2.45) is 0 Å². The topological polar surface area (TPSA) is 86.8 Å². The summed E-state index contributed by atoms with van der Waals surface area (Å²) in [6, 6.07) is 18.7. The van der Waals surface area contributed by atoms with Gasteiger partial charge in [0.2, 0.25) is 21.8 Å². The molecule has 0 aliphatic heterocycles. The predicted molar refractivity (Wildman–Crippen MR) is 167 cm³/mol. The quantitative estimate of drug-likeness (QED) is 0.239. The monoisotopic (exact) mass is 637 g/mol. The number of halogens is 3. The highest BCUT2D eigenvalue weighted by Gasteiger charge is 2.31. The van der Waals surface area contributed by atoms with Crippen LogP contribution < -0.4 is 9.62 Å². The van der Waals surface area contributed by atoms with Crippen LogP contribution in [0.15, 0.2) is 66.7 Å². The van der Waals surface area contributed by atoms with Crippen molar-refractivity contribution < 1.29 is 18.0 Å². The van der Waals surface area contributed by atoms with Crippen molar-refractivity contribution in [3.63, 3.8) is 0 Å². The highest BCUT2D eigenvalue weighted by molar-refractivity contribution is 7.92. The van der Waals surface area contributed by atoms with Crippen LogP contribution in [0.4, 0.5) is 5.69 Å². The van der Waals surface area contributed by atoms with Crippen molar-refractivity contribution in [3.8, 4) is 0 Å². The Morgan fingerprint density at radius 2 is 1.66 bits per heavy atom. The lowest BCUT2D eigenvalue weighted by atomic mass is 10.0. The molecule has 0 radical (unpaired) electrons. The van der Waals surface area contributed by atoms with Gasteiger partial charge >= 0.3 is 0 Å². The fraction of sp³-hybridized carbons (Fsp3) is 0.333. The van der Waals surface area contributed by atoms with Gasteiger partial charge in [0.05, 0.1) is 11.9 Å². The number of rotatable bonds is 13. The fourth-order valence-corrected chi connectivity index (χ4v) is 6.18. The summed E-state index contributed by atoms with van der Waals surface area (Å²) in [5.41, 5.74) is 2.62. The number of anilines is 1. The van der Waals surface area contributed by atoms with Crippen molar-refractivity contribution in [2.75, 3.05) is 23.7 Å². The lowest BCUT2D eigenvalue weighted by molar-refractivity contribution is -0.141. The smallest absolute Gasteiger partial charge is 0.243 e. The first-order valence-electron chi connectivity index (χ1n) is 13.2. The van der Waals surface area contributed by atoms with E-state index < -0.39 is 16.1 Å². The van der Waals surface area contributed by atoms with Crippen LogP contribution in [0.2, 0.25) is 15.1 Å². The Labute approximate surface area is 257 Å². The van der Waals surface area contributed by atoms with Gasteiger partial charge in [-0.05, 0) is 61.2 Å². The van der Waals surface area contributed by atoms with Gasteiger partial charge in [0, 0.05) is 47.5 Å². The second kappa shape index (κ2) is 14.9. The number of carbonyl (C=O) groups is 2. The van der Waals surface area contributed by atoms with E-state index in [9.17, 15) is 18.0 Å². The van der Waals surface area contributed by atoms with E-state index in [1.165, 1.54) is 9.21 Å². The Kier molecular flexibility index (Phi) is 11.9. The third-order valence-corrected chi connectivity index (χ3v) is 8.81. The zero-order valence-electron chi connectivity index (χ0n) is 23.2. The number of nitrogens with one attached hydrogen (secondary N) is 1. The minimum absolute atomic E-state index is 0.00152. The first kappa shape index (κ1) is 32.7. The summed E-state index contributed by atoms with van der Waals surface area (Å²) >= 11 is 18.8. The van der Waals surface area contributed by atoms with Crippen molar-refractivity contribution in [1.29, 1.82) is 0 Å². The molecule has 2 amide bonds. The van der Waals surface area contributed by atoms with Gasteiger partial charge in [-0.2, -0.15) is 0 Å². The van der Waals surface area contributed by atoms with Gasteiger partial charge in [-0.3, -0.25) is 13.9 Å². The van der Waals surface area contributed by atoms with Crippen molar-refractivity contribution in [2.45, 2.75) is 45.7 Å². The molecule has 0 saturated carbocycles. The highest BCUT2D eigenvalue weighted by atomic mass is 35.5. The molecule has 3 rings (SSSR count). The van der Waals surface area contributed by atoms with Gasteiger partial charge in [0.15, 0.2) is 0 Å². The van der Waals surface area contributed by atoms with Gasteiger partial charge < -0.3 is 10.2 Å². The Morgan fingerprint density at radius 3 is 2.29 bits per heavy atom. The van der Waals surface area contributed by atoms with E-state index in [0.717, 1.165) is 11.8 Å². The zero-order valence-corrected chi connectivity index (χ0v) is 26.3. The molecule has 3 aromatic rings. The molecule has 0 bridgehead atoms. The standard InChI is InChI=1S/C30H34Cl3N3O4S/c1-4-34-30(38)28(18-22-10-6-5-7-11-22)35(20-23-15-16-24(31)19-26(23)33)29(37)14-9-17-36(41(3,39)40)27-13-8-12-25(32)21(27)2/h5-8,10-13,15-16,19,28H,4,9,14,17-18,20H2,1-3H3,(H,34,38). The normalized spacial score (nSPS) is 12.0. The summed E-state index contributed by atoms with van der Waals surface area (Å²) in [6.45, 7) is 4.10. The lowest BCUT2D eigenvalue weighted by Crippen LogP contribution is -2.50. The van der Waals surface area contributed by atoms with Crippen LogP contribution in [0.5, 0.6) is 0 Å². The number of nitrogens with zero attached hydrogens (tertiary/aromatic N) is 2. The van der Waals surface area contributed by atoms with Gasteiger partial charge in [-0.25, -0.2) is 8.42 Å². The van der Waals surface area contributed by atoms with E-state index in [4.69, 9.17) is 34.8 Å². The second-order valence-corrected chi connectivity index (χ2v) is 12.8. The van der Waals surface area contributed by atoms with Gasteiger partial charge in [-0.15, -0.1) is 0 Å². The maximum atomic E-state index is 13.8. The van der Waals surface area contributed by atoms with Crippen LogP contribution in [-0.4, -0.2) is 50.5 Å². The van der Waals surface area contributed by atoms with E-state index in [1.807, 2.05) is 37.3 Å². The van der Waals surface area contributed by atoms with Gasteiger partial charge in [0.25, 0.3) is 0 Å². The zero-order chi connectivity index (χ0) is 30.2. The van der Waals surface area contributed by atoms with Crippen LogP contribution in [0.3, 0.4) is 0 Å². The molecule has 3 aromatic carbocycles. The molecule has 0 aliphatic carbocycles. The molecule has 11 heteroatoms. The number of likely N-dealkylation sites (N-methyl/N-ethyl adjacent to an activating group) is 1. The number of amides is 2. The maximum absolute atomic E-state index is 13.8. The average molecular weight is 639 g/mol. The van der Waals surface area contributed by atoms with E-state index in [1.54, 1.807) is 43.3 Å². The largest absolute Gasteiger partial charge is 0.355 e. The van der Waals surface area contributed by atoms with Crippen molar-refractivity contribution >= 4 is 62.3 Å². The molecule has 0 aliphatic rings. The number of carbonyl (C=O) groups excluding carboxylic acids is 2. The van der Waals surface area contributed by atoms with Crippen LogP contribution >= 0.6 is 34.8 Å². The van der Waals surface area contributed by atoms with Gasteiger partial charge in [-0.1, -0.05) is 77.3 Å². The molecule has 0 saturated heterocycles. The third-order valence-electron chi connectivity index (χ3n) is 6.64. The first-order valence-corrected chi connectivity index (χ1v) is 16.2. The Bertz CT molecular complexity index is 1470. The minimum atomic E-state index is -3.66. The molecule has 1 atom stereocenters. The van der Waals surface area contributed by atoms with E-state index in [0.29, 0.717) is 44.8 Å². The van der Waals surface area contributed by atoms with Crippen molar-refractivity contribution in [3.05, 3.63) is 98.5 Å². The van der Waals surface area contributed by atoms with Crippen LogP contribution in [0.1, 0.15) is 36.5 Å². The lowest BCUT2D eigenvalue weighted by Gasteiger charge is -2.32. The molecule has 0 heterocycles. The summed E-state index contributed by atoms with van der Waals surface area (Å²) in [5, 5.41) is 4.13. The summed E-state index contributed by atoms with van der Waals surface area (Å²) in [5.74, 6) is -0.596. The minimum Gasteiger partial charge on any atom is -0.355 e. The number of hydrogen-bond acceptors (Lipinski definition) is 4. The Balaban J connectivity index is 1.91. The summed E-state index contributed by atoms with van der Waals surface area (Å²) in [6.07, 6.45) is 1.63. The second-order valence-electron chi connectivity index (χ2n) is 9.68. The SMILES string of the molecule is CCNC(=O)C(Cc1ccccc1)N(Cc1ccc(Cl)cc1Cl)C(=O)CCCN(c1cccc(Cl)c1C)S(C)(=O)=O. The number of benzene rings is 3. The van der Waals surface area contributed by atoms with E-state index in [-0.39, 0.29) is 37.7 Å². The Hall–Kier alpha value is -2.78. The summed E-state index contributed by atoms with van der Waals surface area (Å²) in [4.78, 5) is 28.7. The maximum Gasteiger partial charge on any atom is 0.243 e. The summed E-state index contributed by atoms with van der Waals surface area (Å²) in [7, 11) is -3.66. The molecular formula is C30H34Cl3N3O4S. The van der Waals surface area contributed by atoms with Crippen LogP contribution in [-0.2, 0) is 32.6 Å². The van der Waals surface area contributed by atoms with Crippen LogP contribution in [0.25, 0.3) is 0 Å². The number of hydrogen-bond donors (Lipinski definition) is 1. The molecule has 0 spiro atoms. The average Bonchev–Trinajstić information content (AvgIpc) is 2.91.